The average Bonchev–Trinajstić information content (AvgIpc) is 2.01. The minimum Gasteiger partial charge on any atom is -0.314 e. The molecule has 5 heteroatoms. The average molecular weight is 206 g/mol. The standard InChI is InChI=1S/C8H18N2O2S/c1-8-7-9-3-4-10(8)5-6-13(2,11)12/h8-9H,3-7H2,1-2H3/t8-/m1/s1. The van der Waals surface area contributed by atoms with Crippen molar-refractivity contribution < 1.29 is 8.42 Å². The molecule has 1 heterocycles. The van der Waals surface area contributed by atoms with E-state index in [2.05, 4.69) is 17.1 Å². The molecule has 1 saturated heterocycles. The lowest BCUT2D eigenvalue weighted by atomic mass is 10.2. The molecule has 1 N–H and O–H groups in total. The molecule has 0 unspecified atom stereocenters. The summed E-state index contributed by atoms with van der Waals surface area (Å²) in [6.45, 7) is 5.67. The Morgan fingerprint density at radius 2 is 2.23 bits per heavy atom. The molecule has 0 bridgehead atoms. The van der Waals surface area contributed by atoms with Crippen LogP contribution in [0.15, 0.2) is 0 Å². The third kappa shape index (κ3) is 4.06. The number of nitrogens with zero attached hydrogens (tertiary/aromatic N) is 1. The molecule has 13 heavy (non-hydrogen) atoms. The van der Waals surface area contributed by atoms with E-state index < -0.39 is 9.84 Å². The quantitative estimate of drug-likeness (QED) is 0.665. The summed E-state index contributed by atoms with van der Waals surface area (Å²) in [6, 6.07) is 0.454. The van der Waals surface area contributed by atoms with E-state index in [0.29, 0.717) is 12.6 Å². The van der Waals surface area contributed by atoms with E-state index in [9.17, 15) is 8.42 Å². The summed E-state index contributed by atoms with van der Waals surface area (Å²) in [4.78, 5) is 2.22. The molecule has 0 aromatic rings. The highest BCUT2D eigenvalue weighted by Gasteiger charge is 2.18. The van der Waals surface area contributed by atoms with E-state index in [1.54, 1.807) is 0 Å². The van der Waals surface area contributed by atoms with Gasteiger partial charge in [0.2, 0.25) is 0 Å². The van der Waals surface area contributed by atoms with Gasteiger partial charge in [-0.25, -0.2) is 8.42 Å². The summed E-state index contributed by atoms with van der Waals surface area (Å²) in [6.07, 6.45) is 1.29. The highest BCUT2D eigenvalue weighted by atomic mass is 32.2. The van der Waals surface area contributed by atoms with Crippen LogP contribution in [0, 0.1) is 0 Å². The zero-order valence-corrected chi connectivity index (χ0v) is 9.10. The Kier molecular flexibility index (Phi) is 3.70. The van der Waals surface area contributed by atoms with Gasteiger partial charge in [0.15, 0.2) is 0 Å². The van der Waals surface area contributed by atoms with Gasteiger partial charge in [0.25, 0.3) is 0 Å². The number of nitrogens with one attached hydrogen (secondary N) is 1. The van der Waals surface area contributed by atoms with Gasteiger partial charge in [0.1, 0.15) is 9.84 Å². The maximum Gasteiger partial charge on any atom is 0.148 e. The van der Waals surface area contributed by atoms with Crippen LogP contribution < -0.4 is 5.32 Å². The van der Waals surface area contributed by atoms with E-state index in [-0.39, 0.29) is 5.75 Å². The summed E-state index contributed by atoms with van der Waals surface area (Å²) in [5, 5.41) is 3.27. The number of rotatable bonds is 3. The molecule has 1 aliphatic heterocycles. The van der Waals surface area contributed by atoms with E-state index in [0.717, 1.165) is 19.6 Å². The SMILES string of the molecule is C[C@@H]1CNCCN1CCS(C)(=O)=O. The Bertz CT molecular complexity index is 251. The highest BCUT2D eigenvalue weighted by Crippen LogP contribution is 2.02. The molecule has 0 aromatic heterocycles. The number of hydrogen-bond acceptors (Lipinski definition) is 4. The van der Waals surface area contributed by atoms with Crippen molar-refractivity contribution in [3.8, 4) is 0 Å². The maximum atomic E-state index is 10.9. The van der Waals surface area contributed by atoms with Crippen LogP contribution in [-0.2, 0) is 9.84 Å². The first-order chi connectivity index (χ1) is 5.99. The Balaban J connectivity index is 2.35. The molecule has 1 atom stereocenters. The second-order valence-electron chi connectivity index (χ2n) is 3.72. The molecule has 78 valence electrons. The molecule has 0 aliphatic carbocycles. The second-order valence-corrected chi connectivity index (χ2v) is 5.98. The summed E-state index contributed by atoms with van der Waals surface area (Å²) in [5.41, 5.74) is 0. The van der Waals surface area contributed by atoms with Gasteiger partial charge in [0, 0.05) is 38.5 Å². The third-order valence-corrected chi connectivity index (χ3v) is 3.31. The minimum atomic E-state index is -2.81. The van der Waals surface area contributed by atoms with E-state index in [1.165, 1.54) is 6.26 Å². The zero-order valence-electron chi connectivity index (χ0n) is 8.28. The van der Waals surface area contributed by atoms with E-state index >= 15 is 0 Å². The number of sulfone groups is 1. The van der Waals surface area contributed by atoms with Crippen molar-refractivity contribution in [2.75, 3.05) is 38.2 Å². The third-order valence-electron chi connectivity index (χ3n) is 2.39. The smallest absolute Gasteiger partial charge is 0.148 e. The van der Waals surface area contributed by atoms with Crippen molar-refractivity contribution in [2.45, 2.75) is 13.0 Å². The Labute approximate surface area is 80.2 Å². The molecule has 0 amide bonds. The summed E-state index contributed by atoms with van der Waals surface area (Å²) in [5.74, 6) is 0.275. The van der Waals surface area contributed by atoms with Crippen LogP contribution in [0.4, 0.5) is 0 Å². The van der Waals surface area contributed by atoms with Crippen molar-refractivity contribution in [3.63, 3.8) is 0 Å². The van der Waals surface area contributed by atoms with Crippen molar-refractivity contribution in [2.24, 2.45) is 0 Å². The van der Waals surface area contributed by atoms with Gasteiger partial charge in [0.05, 0.1) is 5.75 Å². The molecule has 1 fully saturated rings. The first-order valence-electron chi connectivity index (χ1n) is 4.61. The summed E-state index contributed by atoms with van der Waals surface area (Å²) >= 11 is 0. The van der Waals surface area contributed by atoms with E-state index in [1.807, 2.05) is 0 Å². The second kappa shape index (κ2) is 4.39. The lowest BCUT2D eigenvalue weighted by Gasteiger charge is -2.33. The van der Waals surface area contributed by atoms with Crippen LogP contribution in [0.25, 0.3) is 0 Å². The van der Waals surface area contributed by atoms with Gasteiger partial charge >= 0.3 is 0 Å². The summed E-state index contributed by atoms with van der Waals surface area (Å²) < 4.78 is 21.9. The van der Waals surface area contributed by atoms with Crippen molar-refractivity contribution in [1.82, 2.24) is 10.2 Å². The van der Waals surface area contributed by atoms with Gasteiger partial charge < -0.3 is 5.32 Å². The van der Waals surface area contributed by atoms with Crippen molar-refractivity contribution >= 4 is 9.84 Å². The predicted molar refractivity (Wildman–Crippen MR) is 53.6 cm³/mol. The van der Waals surface area contributed by atoms with Crippen molar-refractivity contribution in [3.05, 3.63) is 0 Å². The fourth-order valence-corrected chi connectivity index (χ4v) is 2.06. The molecular weight excluding hydrogens is 188 g/mol. The van der Waals surface area contributed by atoms with Crippen molar-refractivity contribution in [1.29, 1.82) is 0 Å². The largest absolute Gasteiger partial charge is 0.314 e. The fourth-order valence-electron chi connectivity index (χ4n) is 1.50. The lowest BCUT2D eigenvalue weighted by molar-refractivity contribution is 0.184. The Morgan fingerprint density at radius 1 is 1.54 bits per heavy atom. The van der Waals surface area contributed by atoms with Gasteiger partial charge in [-0.3, -0.25) is 4.90 Å². The van der Waals surface area contributed by atoms with Crippen LogP contribution in [0.5, 0.6) is 0 Å². The molecule has 0 spiro atoms. The normalized spacial score (nSPS) is 26.2. The van der Waals surface area contributed by atoms with Gasteiger partial charge in [-0.05, 0) is 6.92 Å². The predicted octanol–water partition coefficient (Wildman–Crippen LogP) is -0.675. The van der Waals surface area contributed by atoms with Gasteiger partial charge in [-0.2, -0.15) is 0 Å². The Hall–Kier alpha value is -0.130. The molecule has 0 aromatic carbocycles. The van der Waals surface area contributed by atoms with Gasteiger partial charge in [-0.1, -0.05) is 0 Å². The number of hydrogen-bond donors (Lipinski definition) is 1. The van der Waals surface area contributed by atoms with Crippen LogP contribution in [-0.4, -0.2) is 57.5 Å². The van der Waals surface area contributed by atoms with Crippen LogP contribution >= 0.6 is 0 Å². The zero-order chi connectivity index (χ0) is 9.90. The van der Waals surface area contributed by atoms with Crippen LogP contribution in [0.1, 0.15) is 6.92 Å². The molecule has 4 nitrogen and oxygen atoms in total. The fraction of sp³-hybridized carbons (Fsp3) is 1.00. The van der Waals surface area contributed by atoms with Crippen LogP contribution in [0.3, 0.4) is 0 Å². The monoisotopic (exact) mass is 206 g/mol. The molecule has 0 saturated carbocycles. The van der Waals surface area contributed by atoms with Crippen LogP contribution in [0.2, 0.25) is 0 Å². The highest BCUT2D eigenvalue weighted by molar-refractivity contribution is 7.90. The molecular formula is C8H18N2O2S. The lowest BCUT2D eigenvalue weighted by Crippen LogP contribution is -2.50. The maximum absolute atomic E-state index is 10.9. The first-order valence-corrected chi connectivity index (χ1v) is 6.67. The Morgan fingerprint density at radius 3 is 2.77 bits per heavy atom. The topological polar surface area (TPSA) is 49.4 Å². The molecule has 1 aliphatic rings. The minimum absolute atomic E-state index is 0.275. The van der Waals surface area contributed by atoms with Gasteiger partial charge in [-0.15, -0.1) is 0 Å². The van der Waals surface area contributed by atoms with E-state index in [4.69, 9.17) is 0 Å². The first kappa shape index (κ1) is 10.9. The molecule has 0 radical (unpaired) electrons. The number of piperazine rings is 1. The summed E-state index contributed by atoms with van der Waals surface area (Å²) in [7, 11) is -2.81. The molecule has 1 rings (SSSR count).